The zero-order valence-corrected chi connectivity index (χ0v) is 11.1. The minimum absolute atomic E-state index is 0.0163. The van der Waals surface area contributed by atoms with Crippen LogP contribution in [0.4, 0.5) is 5.82 Å². The standard InChI is InChI=1S/C12H21N3S/c1-8(2)6-16-7-10(13)11-9(3)4-5-15-12(11)14/h4-5,8,10H,6-7,13H2,1-3H3,(H2,14,15). The first-order valence-corrected chi connectivity index (χ1v) is 6.72. The van der Waals surface area contributed by atoms with Gasteiger partial charge in [0.15, 0.2) is 0 Å². The lowest BCUT2D eigenvalue weighted by Crippen LogP contribution is -2.17. The number of nitrogens with two attached hydrogens (primary N) is 2. The Morgan fingerprint density at radius 1 is 1.38 bits per heavy atom. The Balaban J connectivity index is 2.62. The van der Waals surface area contributed by atoms with Gasteiger partial charge in [0.1, 0.15) is 5.82 Å². The van der Waals surface area contributed by atoms with Crippen molar-refractivity contribution in [2.24, 2.45) is 11.7 Å². The highest BCUT2D eigenvalue weighted by Crippen LogP contribution is 2.24. The molecule has 0 amide bonds. The third-order valence-electron chi connectivity index (χ3n) is 2.36. The maximum absolute atomic E-state index is 6.14. The van der Waals surface area contributed by atoms with Gasteiger partial charge in [-0.05, 0) is 30.2 Å². The number of nitrogen functional groups attached to an aromatic ring is 1. The van der Waals surface area contributed by atoms with E-state index in [1.165, 1.54) is 0 Å². The molecule has 3 nitrogen and oxygen atoms in total. The quantitative estimate of drug-likeness (QED) is 0.828. The molecule has 4 heteroatoms. The third-order valence-corrected chi connectivity index (χ3v) is 3.86. The molecule has 0 fully saturated rings. The minimum atomic E-state index is -0.0163. The predicted molar refractivity (Wildman–Crippen MR) is 72.5 cm³/mol. The van der Waals surface area contributed by atoms with Crippen molar-refractivity contribution in [1.29, 1.82) is 0 Å². The van der Waals surface area contributed by atoms with Crippen molar-refractivity contribution >= 4 is 17.6 Å². The molecule has 1 aromatic rings. The van der Waals surface area contributed by atoms with Crippen LogP contribution in [0.25, 0.3) is 0 Å². The number of aryl methyl sites for hydroxylation is 1. The van der Waals surface area contributed by atoms with Gasteiger partial charge in [0, 0.05) is 23.6 Å². The number of rotatable bonds is 5. The van der Waals surface area contributed by atoms with E-state index in [0.29, 0.717) is 11.7 Å². The van der Waals surface area contributed by atoms with Crippen molar-refractivity contribution in [3.05, 3.63) is 23.4 Å². The summed E-state index contributed by atoms with van der Waals surface area (Å²) in [4.78, 5) is 4.09. The van der Waals surface area contributed by atoms with Crippen molar-refractivity contribution in [1.82, 2.24) is 4.98 Å². The number of aromatic nitrogens is 1. The molecule has 0 radical (unpaired) electrons. The summed E-state index contributed by atoms with van der Waals surface area (Å²) in [6.45, 7) is 6.45. The SMILES string of the molecule is Cc1ccnc(N)c1C(N)CSCC(C)C. The Kier molecular flexibility index (Phi) is 5.09. The van der Waals surface area contributed by atoms with E-state index < -0.39 is 0 Å². The summed E-state index contributed by atoms with van der Waals surface area (Å²) in [5, 5.41) is 0. The molecule has 0 aliphatic carbocycles. The number of hydrogen-bond acceptors (Lipinski definition) is 4. The smallest absolute Gasteiger partial charge is 0.128 e. The van der Waals surface area contributed by atoms with E-state index in [0.717, 1.165) is 22.6 Å². The molecular weight excluding hydrogens is 218 g/mol. The minimum Gasteiger partial charge on any atom is -0.383 e. The van der Waals surface area contributed by atoms with E-state index in [2.05, 4.69) is 18.8 Å². The van der Waals surface area contributed by atoms with Crippen molar-refractivity contribution in [3.8, 4) is 0 Å². The lowest BCUT2D eigenvalue weighted by atomic mass is 10.1. The highest BCUT2D eigenvalue weighted by molar-refractivity contribution is 7.99. The number of anilines is 1. The molecule has 1 atom stereocenters. The Morgan fingerprint density at radius 2 is 2.06 bits per heavy atom. The molecule has 0 spiro atoms. The van der Waals surface area contributed by atoms with Gasteiger partial charge >= 0.3 is 0 Å². The molecular formula is C12H21N3S. The van der Waals surface area contributed by atoms with Gasteiger partial charge in [-0.2, -0.15) is 11.8 Å². The van der Waals surface area contributed by atoms with Crippen LogP contribution in [0.1, 0.15) is 31.0 Å². The first-order chi connectivity index (χ1) is 7.52. The Hall–Kier alpha value is -0.740. The summed E-state index contributed by atoms with van der Waals surface area (Å²) in [5.74, 6) is 3.30. The van der Waals surface area contributed by atoms with Gasteiger partial charge in [-0.1, -0.05) is 13.8 Å². The van der Waals surface area contributed by atoms with Crippen molar-refractivity contribution in [3.63, 3.8) is 0 Å². The number of nitrogens with zero attached hydrogens (tertiary/aromatic N) is 1. The molecule has 0 aliphatic rings. The fourth-order valence-corrected chi connectivity index (χ4v) is 2.62. The topological polar surface area (TPSA) is 64.9 Å². The van der Waals surface area contributed by atoms with Crippen LogP contribution < -0.4 is 11.5 Å². The van der Waals surface area contributed by atoms with E-state index in [9.17, 15) is 0 Å². The van der Waals surface area contributed by atoms with Gasteiger partial charge in [0.25, 0.3) is 0 Å². The number of hydrogen-bond donors (Lipinski definition) is 2. The van der Waals surface area contributed by atoms with E-state index in [1.807, 2.05) is 24.8 Å². The van der Waals surface area contributed by atoms with Gasteiger partial charge in [-0.15, -0.1) is 0 Å². The summed E-state index contributed by atoms with van der Waals surface area (Å²) < 4.78 is 0. The average molecular weight is 239 g/mol. The van der Waals surface area contributed by atoms with E-state index in [1.54, 1.807) is 6.20 Å². The lowest BCUT2D eigenvalue weighted by molar-refractivity contribution is 0.746. The van der Waals surface area contributed by atoms with E-state index >= 15 is 0 Å². The van der Waals surface area contributed by atoms with Gasteiger partial charge in [-0.25, -0.2) is 4.98 Å². The summed E-state index contributed by atoms with van der Waals surface area (Å²) in [5.41, 5.74) is 14.1. The molecule has 0 saturated carbocycles. The van der Waals surface area contributed by atoms with Crippen molar-refractivity contribution < 1.29 is 0 Å². The maximum Gasteiger partial charge on any atom is 0.128 e. The van der Waals surface area contributed by atoms with Gasteiger partial charge in [0.05, 0.1) is 0 Å². The van der Waals surface area contributed by atoms with Gasteiger partial charge in [-0.3, -0.25) is 0 Å². The van der Waals surface area contributed by atoms with Crippen molar-refractivity contribution in [2.75, 3.05) is 17.2 Å². The van der Waals surface area contributed by atoms with E-state index in [4.69, 9.17) is 11.5 Å². The van der Waals surface area contributed by atoms with Crippen LogP contribution in [0, 0.1) is 12.8 Å². The molecule has 90 valence electrons. The van der Waals surface area contributed by atoms with Crippen LogP contribution in [0.3, 0.4) is 0 Å². The first kappa shape index (κ1) is 13.3. The van der Waals surface area contributed by atoms with Crippen LogP contribution >= 0.6 is 11.8 Å². The number of pyridine rings is 1. The largest absolute Gasteiger partial charge is 0.383 e. The Morgan fingerprint density at radius 3 is 2.62 bits per heavy atom. The second kappa shape index (κ2) is 6.11. The molecule has 16 heavy (non-hydrogen) atoms. The second-order valence-corrected chi connectivity index (χ2v) is 5.54. The molecule has 1 aromatic heterocycles. The summed E-state index contributed by atoms with van der Waals surface area (Å²) >= 11 is 1.87. The molecule has 1 rings (SSSR count). The molecule has 0 aliphatic heterocycles. The van der Waals surface area contributed by atoms with Crippen LogP contribution in [-0.2, 0) is 0 Å². The van der Waals surface area contributed by atoms with Crippen LogP contribution in [-0.4, -0.2) is 16.5 Å². The zero-order valence-electron chi connectivity index (χ0n) is 10.2. The molecule has 0 aromatic carbocycles. The van der Waals surface area contributed by atoms with Crippen molar-refractivity contribution in [2.45, 2.75) is 26.8 Å². The summed E-state index contributed by atoms with van der Waals surface area (Å²) in [7, 11) is 0. The molecule has 1 unspecified atom stereocenters. The summed E-state index contributed by atoms with van der Waals surface area (Å²) in [6.07, 6.45) is 1.72. The van der Waals surface area contributed by atoms with Crippen LogP contribution in [0.15, 0.2) is 12.3 Å². The number of thioether (sulfide) groups is 1. The van der Waals surface area contributed by atoms with Gasteiger partial charge < -0.3 is 11.5 Å². The zero-order chi connectivity index (χ0) is 12.1. The first-order valence-electron chi connectivity index (χ1n) is 5.56. The summed E-state index contributed by atoms with van der Waals surface area (Å²) in [6, 6.07) is 1.94. The monoisotopic (exact) mass is 239 g/mol. The normalized spacial score (nSPS) is 13.1. The second-order valence-electron chi connectivity index (χ2n) is 4.46. The fraction of sp³-hybridized carbons (Fsp3) is 0.583. The molecule has 4 N–H and O–H groups in total. The lowest BCUT2D eigenvalue weighted by Gasteiger charge is -2.16. The molecule has 0 saturated heterocycles. The Labute approximate surface area is 102 Å². The fourth-order valence-electron chi connectivity index (χ4n) is 1.59. The van der Waals surface area contributed by atoms with Crippen LogP contribution in [0.2, 0.25) is 0 Å². The molecule has 0 bridgehead atoms. The highest BCUT2D eigenvalue weighted by Gasteiger charge is 2.13. The predicted octanol–water partition coefficient (Wildman–Crippen LogP) is 2.36. The average Bonchev–Trinajstić information content (AvgIpc) is 2.16. The third kappa shape index (κ3) is 3.68. The Bertz CT molecular complexity index is 319. The maximum atomic E-state index is 6.14. The van der Waals surface area contributed by atoms with Gasteiger partial charge in [0.2, 0.25) is 0 Å². The highest BCUT2D eigenvalue weighted by atomic mass is 32.2. The van der Waals surface area contributed by atoms with Crippen LogP contribution in [0.5, 0.6) is 0 Å². The molecule has 1 heterocycles. The van der Waals surface area contributed by atoms with E-state index in [-0.39, 0.29) is 6.04 Å².